The van der Waals surface area contributed by atoms with Gasteiger partial charge in [-0.2, -0.15) is 4.31 Å². The molecule has 0 radical (unpaired) electrons. The van der Waals surface area contributed by atoms with E-state index >= 15 is 0 Å². The van der Waals surface area contributed by atoms with Crippen molar-refractivity contribution in [3.8, 4) is 17.2 Å². The molecule has 8 nitrogen and oxygen atoms in total. The molecule has 1 aliphatic rings. The SMILES string of the molecule is COc1ccc(S(=O)(=O)N2CC[C@@](O)(c3ccccc3OC)C(C(=O)c3ccccc3OC)C2)cc1. The van der Waals surface area contributed by atoms with Gasteiger partial charge in [0.15, 0.2) is 5.78 Å². The zero-order chi connectivity index (χ0) is 25.9. The number of sulfonamides is 1. The molecule has 2 atom stereocenters. The Morgan fingerprint density at radius 1 is 0.889 bits per heavy atom. The van der Waals surface area contributed by atoms with Crippen molar-refractivity contribution in [1.29, 1.82) is 0 Å². The first-order valence-corrected chi connectivity index (χ1v) is 12.9. The summed E-state index contributed by atoms with van der Waals surface area (Å²) in [5, 5.41) is 12.1. The van der Waals surface area contributed by atoms with Crippen molar-refractivity contribution in [3.63, 3.8) is 0 Å². The number of aliphatic hydroxyl groups is 1. The summed E-state index contributed by atoms with van der Waals surface area (Å²) in [6, 6.07) is 19.7. The average molecular weight is 512 g/mol. The Balaban J connectivity index is 1.79. The van der Waals surface area contributed by atoms with Crippen LogP contribution in [0.2, 0.25) is 0 Å². The van der Waals surface area contributed by atoms with Gasteiger partial charge in [-0.05, 0) is 48.9 Å². The first kappa shape index (κ1) is 25.7. The van der Waals surface area contributed by atoms with Crippen LogP contribution in [0.1, 0.15) is 22.3 Å². The van der Waals surface area contributed by atoms with Crippen molar-refractivity contribution in [1.82, 2.24) is 4.31 Å². The van der Waals surface area contributed by atoms with E-state index in [0.29, 0.717) is 22.8 Å². The molecule has 0 spiro atoms. The van der Waals surface area contributed by atoms with Gasteiger partial charge in [-0.3, -0.25) is 4.79 Å². The predicted octanol–water partition coefficient (Wildman–Crippen LogP) is 3.49. The number of hydrogen-bond acceptors (Lipinski definition) is 7. The molecule has 1 aliphatic heterocycles. The Bertz CT molecular complexity index is 1340. The van der Waals surface area contributed by atoms with Gasteiger partial charge in [0.1, 0.15) is 22.8 Å². The van der Waals surface area contributed by atoms with Crippen molar-refractivity contribution in [2.75, 3.05) is 34.4 Å². The Morgan fingerprint density at radius 2 is 1.50 bits per heavy atom. The minimum absolute atomic E-state index is 0.00564. The summed E-state index contributed by atoms with van der Waals surface area (Å²) in [4.78, 5) is 14.0. The number of ketones is 1. The van der Waals surface area contributed by atoms with Crippen molar-refractivity contribution in [2.24, 2.45) is 5.92 Å². The van der Waals surface area contributed by atoms with Gasteiger partial charge in [0.25, 0.3) is 0 Å². The van der Waals surface area contributed by atoms with Gasteiger partial charge in [0.05, 0.1) is 37.7 Å². The number of carbonyl (C=O) groups is 1. The fraction of sp³-hybridized carbons (Fsp3) is 0.296. The summed E-state index contributed by atoms with van der Waals surface area (Å²) < 4.78 is 44.3. The molecule has 0 aromatic heterocycles. The molecule has 9 heteroatoms. The lowest BCUT2D eigenvalue weighted by Crippen LogP contribution is -2.54. The molecule has 1 heterocycles. The van der Waals surface area contributed by atoms with E-state index in [1.165, 1.54) is 37.8 Å². The zero-order valence-corrected chi connectivity index (χ0v) is 21.2. The molecule has 0 bridgehead atoms. The van der Waals surface area contributed by atoms with Crippen LogP contribution in [0.15, 0.2) is 77.7 Å². The maximum Gasteiger partial charge on any atom is 0.243 e. The highest BCUT2D eigenvalue weighted by atomic mass is 32.2. The molecule has 0 amide bonds. The molecular formula is C27H29NO7S. The van der Waals surface area contributed by atoms with Crippen LogP contribution in [0.4, 0.5) is 0 Å². The maximum atomic E-state index is 13.9. The topological polar surface area (TPSA) is 102 Å². The summed E-state index contributed by atoms with van der Waals surface area (Å²) in [7, 11) is 0.500. The fourth-order valence-corrected chi connectivity index (χ4v) is 6.15. The predicted molar refractivity (Wildman–Crippen MR) is 134 cm³/mol. The van der Waals surface area contributed by atoms with Crippen molar-refractivity contribution < 1.29 is 32.5 Å². The quantitative estimate of drug-likeness (QED) is 0.462. The Morgan fingerprint density at radius 3 is 2.14 bits per heavy atom. The van der Waals surface area contributed by atoms with E-state index in [1.807, 2.05) is 0 Å². The van der Waals surface area contributed by atoms with Crippen LogP contribution in [0.5, 0.6) is 17.2 Å². The summed E-state index contributed by atoms with van der Waals surface area (Å²) >= 11 is 0. The highest BCUT2D eigenvalue weighted by Crippen LogP contribution is 2.44. The van der Waals surface area contributed by atoms with Gasteiger partial charge >= 0.3 is 0 Å². The fourth-order valence-electron chi connectivity index (χ4n) is 4.69. The first-order valence-electron chi connectivity index (χ1n) is 11.4. The molecule has 3 aromatic carbocycles. The highest BCUT2D eigenvalue weighted by molar-refractivity contribution is 7.89. The van der Waals surface area contributed by atoms with Crippen molar-refractivity contribution >= 4 is 15.8 Å². The number of ether oxygens (including phenoxy) is 3. The van der Waals surface area contributed by atoms with E-state index in [0.717, 1.165) is 0 Å². The molecule has 0 aliphatic carbocycles. The molecular weight excluding hydrogens is 482 g/mol. The van der Waals surface area contributed by atoms with Gasteiger partial charge in [0.2, 0.25) is 10.0 Å². The van der Waals surface area contributed by atoms with Gasteiger partial charge < -0.3 is 19.3 Å². The molecule has 190 valence electrons. The Kier molecular flexibility index (Phi) is 7.35. The summed E-state index contributed by atoms with van der Waals surface area (Å²) in [5.41, 5.74) is -0.972. The lowest BCUT2D eigenvalue weighted by molar-refractivity contribution is -0.0509. The number of benzene rings is 3. The lowest BCUT2D eigenvalue weighted by Gasteiger charge is -2.44. The van der Waals surface area contributed by atoms with Gasteiger partial charge in [-0.15, -0.1) is 0 Å². The van der Waals surface area contributed by atoms with Gasteiger partial charge in [-0.25, -0.2) is 8.42 Å². The number of piperidine rings is 1. The largest absolute Gasteiger partial charge is 0.497 e. The van der Waals surface area contributed by atoms with Crippen molar-refractivity contribution in [2.45, 2.75) is 16.9 Å². The third-order valence-electron chi connectivity index (χ3n) is 6.66. The van der Waals surface area contributed by atoms with Crippen LogP contribution in [0, 0.1) is 5.92 Å². The number of Topliss-reactive ketones (excluding diaryl/α,β-unsaturated/α-hetero) is 1. The summed E-state index contributed by atoms with van der Waals surface area (Å²) in [6.45, 7) is -0.210. The second kappa shape index (κ2) is 10.3. The van der Waals surface area contributed by atoms with Crippen LogP contribution >= 0.6 is 0 Å². The van der Waals surface area contributed by atoms with Gasteiger partial charge in [-0.1, -0.05) is 30.3 Å². The van der Waals surface area contributed by atoms with Gasteiger partial charge in [0, 0.05) is 18.7 Å². The number of nitrogens with zero attached hydrogens (tertiary/aromatic N) is 1. The zero-order valence-electron chi connectivity index (χ0n) is 20.4. The Hall–Kier alpha value is -3.40. The summed E-state index contributed by atoms with van der Waals surface area (Å²) in [5.74, 6) is -0.242. The minimum atomic E-state index is -3.95. The minimum Gasteiger partial charge on any atom is -0.497 e. The maximum absolute atomic E-state index is 13.9. The molecule has 0 saturated carbocycles. The van der Waals surface area contributed by atoms with E-state index in [1.54, 1.807) is 60.7 Å². The molecule has 36 heavy (non-hydrogen) atoms. The molecule has 3 aromatic rings. The van der Waals surface area contributed by atoms with E-state index in [9.17, 15) is 18.3 Å². The standard InChI is InChI=1S/C27H29NO7S/c1-33-19-12-14-20(15-13-19)36(31,32)28-17-16-27(30,22-9-5-7-11-25(22)35-3)23(18-28)26(29)21-8-4-6-10-24(21)34-2/h4-15,23,30H,16-18H2,1-3H3/t23?,27-/m1/s1. The van der Waals surface area contributed by atoms with E-state index in [4.69, 9.17) is 14.2 Å². The van der Waals surface area contributed by atoms with Crippen LogP contribution in [0.3, 0.4) is 0 Å². The number of rotatable bonds is 8. The summed E-state index contributed by atoms with van der Waals surface area (Å²) in [6.07, 6.45) is -0.00564. The monoisotopic (exact) mass is 511 g/mol. The van der Waals surface area contributed by atoms with E-state index in [-0.39, 0.29) is 30.0 Å². The molecule has 1 fully saturated rings. The van der Waals surface area contributed by atoms with E-state index in [2.05, 4.69) is 0 Å². The average Bonchev–Trinajstić information content (AvgIpc) is 2.92. The number of para-hydroxylation sites is 2. The third-order valence-corrected chi connectivity index (χ3v) is 8.54. The second-order valence-electron chi connectivity index (χ2n) is 8.53. The highest BCUT2D eigenvalue weighted by Gasteiger charge is 2.50. The van der Waals surface area contributed by atoms with Crippen LogP contribution in [-0.4, -0.2) is 58.0 Å². The van der Waals surface area contributed by atoms with Crippen LogP contribution in [-0.2, 0) is 15.6 Å². The smallest absolute Gasteiger partial charge is 0.243 e. The normalized spacial score (nSPS) is 20.5. The second-order valence-corrected chi connectivity index (χ2v) is 10.5. The number of hydrogen-bond donors (Lipinski definition) is 1. The lowest BCUT2D eigenvalue weighted by atomic mass is 9.73. The molecule has 1 N–H and O–H groups in total. The Labute approximate surface area is 211 Å². The van der Waals surface area contributed by atoms with Crippen LogP contribution < -0.4 is 14.2 Å². The molecule has 1 saturated heterocycles. The van der Waals surface area contributed by atoms with E-state index < -0.39 is 27.3 Å². The number of carbonyl (C=O) groups excluding carboxylic acids is 1. The molecule has 1 unspecified atom stereocenters. The third kappa shape index (κ3) is 4.57. The molecule has 4 rings (SSSR count). The number of methoxy groups -OCH3 is 3. The van der Waals surface area contributed by atoms with Crippen molar-refractivity contribution in [3.05, 3.63) is 83.9 Å². The first-order chi connectivity index (χ1) is 17.3. The van der Waals surface area contributed by atoms with Crippen LogP contribution in [0.25, 0.3) is 0 Å².